The van der Waals surface area contributed by atoms with Crippen LogP contribution in [0.3, 0.4) is 0 Å². The van der Waals surface area contributed by atoms with Gasteiger partial charge in [-0.3, -0.25) is 4.79 Å². The van der Waals surface area contributed by atoms with Crippen LogP contribution >= 0.6 is 0 Å². The van der Waals surface area contributed by atoms with Crippen LogP contribution in [-0.4, -0.2) is 22.6 Å². The van der Waals surface area contributed by atoms with Crippen LogP contribution in [0.25, 0.3) is 0 Å². The monoisotopic (exact) mass is 275 g/mol. The molecule has 0 aliphatic rings. The summed E-state index contributed by atoms with van der Waals surface area (Å²) in [5.74, 6) is -0.287. The van der Waals surface area contributed by atoms with Crippen molar-refractivity contribution in [3.63, 3.8) is 0 Å². The van der Waals surface area contributed by atoms with Crippen molar-refractivity contribution >= 4 is 11.7 Å². The number of carboxylic acids is 1. The van der Waals surface area contributed by atoms with Crippen molar-refractivity contribution in [3.05, 3.63) is 24.0 Å². The first-order valence-electron chi connectivity index (χ1n) is 6.97. The highest BCUT2D eigenvalue weighted by molar-refractivity contribution is 5.66. The topological polar surface area (TPSA) is 86.0 Å². The molecule has 0 fully saturated rings. The molecule has 108 valence electrons. The quantitative estimate of drug-likeness (QED) is 0.723. The van der Waals surface area contributed by atoms with Crippen LogP contribution in [0, 0.1) is 17.2 Å². The number of pyridine rings is 1. The van der Waals surface area contributed by atoms with Gasteiger partial charge in [-0.1, -0.05) is 19.8 Å². The minimum absolute atomic E-state index is 0.239. The molecule has 0 saturated carbocycles. The average Bonchev–Trinajstić information content (AvgIpc) is 2.45. The lowest BCUT2D eigenvalue weighted by atomic mass is 9.94. The van der Waals surface area contributed by atoms with E-state index in [-0.39, 0.29) is 6.42 Å². The largest absolute Gasteiger partial charge is 0.481 e. The predicted molar refractivity (Wildman–Crippen MR) is 77.3 cm³/mol. The normalized spacial score (nSPS) is 11.6. The van der Waals surface area contributed by atoms with E-state index in [0.717, 1.165) is 37.9 Å². The van der Waals surface area contributed by atoms with Crippen molar-refractivity contribution < 1.29 is 9.90 Å². The summed E-state index contributed by atoms with van der Waals surface area (Å²) in [6, 6.07) is 5.49. The zero-order chi connectivity index (χ0) is 14.8. The van der Waals surface area contributed by atoms with E-state index in [1.807, 2.05) is 12.1 Å². The molecular weight excluding hydrogens is 254 g/mol. The summed E-state index contributed by atoms with van der Waals surface area (Å²) in [7, 11) is 0. The van der Waals surface area contributed by atoms with E-state index in [2.05, 4.69) is 17.2 Å². The van der Waals surface area contributed by atoms with Gasteiger partial charge in [0, 0.05) is 13.0 Å². The fourth-order valence-electron chi connectivity index (χ4n) is 2.15. The van der Waals surface area contributed by atoms with Gasteiger partial charge >= 0.3 is 5.97 Å². The van der Waals surface area contributed by atoms with Crippen molar-refractivity contribution in [3.8, 4) is 6.07 Å². The number of nitriles is 1. The van der Waals surface area contributed by atoms with Crippen LogP contribution in [0.1, 0.15) is 44.7 Å². The van der Waals surface area contributed by atoms with Crippen LogP contribution in [0.5, 0.6) is 0 Å². The lowest BCUT2D eigenvalue weighted by molar-refractivity contribution is -0.137. The Morgan fingerprint density at radius 3 is 2.80 bits per heavy atom. The first kappa shape index (κ1) is 16.0. The number of anilines is 1. The van der Waals surface area contributed by atoms with Crippen LogP contribution in [0.15, 0.2) is 18.3 Å². The number of aromatic nitrogens is 1. The smallest absolute Gasteiger partial charge is 0.303 e. The summed E-state index contributed by atoms with van der Waals surface area (Å²) in [5, 5.41) is 20.6. The Bertz CT molecular complexity index is 451. The van der Waals surface area contributed by atoms with Crippen LogP contribution in [-0.2, 0) is 4.79 Å². The third-order valence-corrected chi connectivity index (χ3v) is 3.22. The fraction of sp³-hybridized carbons (Fsp3) is 0.533. The van der Waals surface area contributed by atoms with E-state index in [9.17, 15) is 4.79 Å². The van der Waals surface area contributed by atoms with Gasteiger partial charge in [0.05, 0.1) is 11.9 Å². The van der Waals surface area contributed by atoms with Gasteiger partial charge in [-0.2, -0.15) is 5.26 Å². The minimum atomic E-state index is -0.727. The molecule has 0 aliphatic heterocycles. The molecule has 5 nitrogen and oxygen atoms in total. The van der Waals surface area contributed by atoms with Gasteiger partial charge in [0.15, 0.2) is 0 Å². The van der Waals surface area contributed by atoms with Crippen LogP contribution in [0.4, 0.5) is 5.69 Å². The second-order valence-corrected chi connectivity index (χ2v) is 4.85. The lowest BCUT2D eigenvalue weighted by Crippen LogP contribution is -2.11. The Morgan fingerprint density at radius 1 is 1.45 bits per heavy atom. The van der Waals surface area contributed by atoms with Crippen molar-refractivity contribution in [2.75, 3.05) is 11.9 Å². The summed E-state index contributed by atoms with van der Waals surface area (Å²) in [6.45, 7) is 2.91. The number of hydrogen-bond donors (Lipinski definition) is 2. The van der Waals surface area contributed by atoms with Gasteiger partial charge < -0.3 is 10.4 Å². The summed E-state index contributed by atoms with van der Waals surface area (Å²) < 4.78 is 0. The molecule has 2 N–H and O–H groups in total. The van der Waals surface area contributed by atoms with Crippen LogP contribution < -0.4 is 5.32 Å². The van der Waals surface area contributed by atoms with Gasteiger partial charge in [0.2, 0.25) is 0 Å². The number of aliphatic carboxylic acids is 1. The van der Waals surface area contributed by atoms with Crippen LogP contribution in [0.2, 0.25) is 0 Å². The van der Waals surface area contributed by atoms with E-state index < -0.39 is 5.97 Å². The fourth-order valence-corrected chi connectivity index (χ4v) is 2.15. The maximum Gasteiger partial charge on any atom is 0.303 e. The lowest BCUT2D eigenvalue weighted by Gasteiger charge is -2.15. The highest BCUT2D eigenvalue weighted by Gasteiger charge is 2.10. The number of nitrogens with one attached hydrogen (secondary N) is 1. The molecule has 1 heterocycles. The summed E-state index contributed by atoms with van der Waals surface area (Å²) in [4.78, 5) is 14.6. The molecular formula is C15H21N3O2. The number of nitrogens with zero attached hydrogens (tertiary/aromatic N) is 2. The van der Waals surface area contributed by atoms with Crippen molar-refractivity contribution in [1.82, 2.24) is 4.98 Å². The Labute approximate surface area is 119 Å². The molecule has 0 spiro atoms. The molecule has 1 unspecified atom stereocenters. The zero-order valence-electron chi connectivity index (χ0n) is 11.8. The van der Waals surface area contributed by atoms with Gasteiger partial charge in [0.1, 0.15) is 11.8 Å². The molecule has 1 rings (SSSR count). The standard InChI is InChI=1S/C15H21N3O2/c1-2-3-12(4-7-15(19)20)8-9-17-14-6-5-13(10-16)18-11-14/h5-6,11-12,17H,2-4,7-9H2,1H3,(H,19,20). The molecule has 20 heavy (non-hydrogen) atoms. The maximum absolute atomic E-state index is 10.6. The van der Waals surface area contributed by atoms with Gasteiger partial charge in [0.25, 0.3) is 0 Å². The zero-order valence-corrected chi connectivity index (χ0v) is 11.8. The first-order chi connectivity index (χ1) is 9.65. The third-order valence-electron chi connectivity index (χ3n) is 3.22. The molecule has 1 atom stereocenters. The highest BCUT2D eigenvalue weighted by Crippen LogP contribution is 2.18. The molecule has 0 radical (unpaired) electrons. The molecule has 5 heteroatoms. The van der Waals surface area contributed by atoms with Gasteiger partial charge in [-0.25, -0.2) is 4.98 Å². The summed E-state index contributed by atoms with van der Waals surface area (Å²) >= 11 is 0. The van der Waals surface area contributed by atoms with E-state index in [1.54, 1.807) is 12.3 Å². The molecule has 0 aliphatic carbocycles. The number of hydrogen-bond acceptors (Lipinski definition) is 4. The van der Waals surface area contributed by atoms with Crippen molar-refractivity contribution in [2.24, 2.45) is 5.92 Å². The van der Waals surface area contributed by atoms with Crippen molar-refractivity contribution in [1.29, 1.82) is 5.26 Å². The van der Waals surface area contributed by atoms with Gasteiger partial charge in [-0.15, -0.1) is 0 Å². The number of carboxylic acid groups (broad SMARTS) is 1. The van der Waals surface area contributed by atoms with Crippen molar-refractivity contribution in [2.45, 2.75) is 39.0 Å². The summed E-state index contributed by atoms with van der Waals surface area (Å²) in [5.41, 5.74) is 1.29. The highest BCUT2D eigenvalue weighted by atomic mass is 16.4. The number of rotatable bonds is 9. The number of carbonyl (C=O) groups is 1. The van der Waals surface area contributed by atoms with E-state index in [0.29, 0.717) is 11.6 Å². The molecule has 1 aromatic rings. The second kappa shape index (κ2) is 8.92. The maximum atomic E-state index is 10.6. The summed E-state index contributed by atoms with van der Waals surface area (Å²) in [6.07, 6.45) is 5.69. The van der Waals surface area contributed by atoms with E-state index in [4.69, 9.17) is 10.4 Å². The second-order valence-electron chi connectivity index (χ2n) is 4.85. The Morgan fingerprint density at radius 2 is 2.25 bits per heavy atom. The SMILES string of the molecule is CCCC(CCNc1ccc(C#N)nc1)CCC(=O)O. The minimum Gasteiger partial charge on any atom is -0.481 e. The predicted octanol–water partition coefficient (Wildman–Crippen LogP) is 3.04. The van der Waals surface area contributed by atoms with E-state index in [1.165, 1.54) is 0 Å². The average molecular weight is 275 g/mol. The third kappa shape index (κ3) is 6.19. The Balaban J connectivity index is 2.35. The first-order valence-corrected chi connectivity index (χ1v) is 6.97. The molecule has 0 bridgehead atoms. The molecule has 0 aromatic carbocycles. The molecule has 0 amide bonds. The van der Waals surface area contributed by atoms with E-state index >= 15 is 0 Å². The van der Waals surface area contributed by atoms with Gasteiger partial charge in [-0.05, 0) is 30.9 Å². The molecule has 0 saturated heterocycles. The molecule has 1 aromatic heterocycles. The Hall–Kier alpha value is -2.09. The Kier molecular flexibility index (Phi) is 7.12.